The summed E-state index contributed by atoms with van der Waals surface area (Å²) < 4.78 is 8.16. The lowest BCUT2D eigenvalue weighted by Crippen LogP contribution is -2.15. The summed E-state index contributed by atoms with van der Waals surface area (Å²) >= 11 is 5.99. The van der Waals surface area contributed by atoms with Crippen molar-refractivity contribution in [3.8, 4) is 11.6 Å². The van der Waals surface area contributed by atoms with E-state index >= 15 is 0 Å². The van der Waals surface area contributed by atoms with Crippen LogP contribution in [0.2, 0.25) is 0 Å². The predicted octanol–water partition coefficient (Wildman–Crippen LogP) is 4.03. The normalized spacial score (nSPS) is 11.3. The van der Waals surface area contributed by atoms with E-state index in [1.807, 2.05) is 37.5 Å². The quantitative estimate of drug-likeness (QED) is 0.535. The van der Waals surface area contributed by atoms with Gasteiger partial charge in [0.2, 0.25) is 16.9 Å². The van der Waals surface area contributed by atoms with Gasteiger partial charge in [-0.3, -0.25) is 14.7 Å². The molecule has 0 aromatic carbocycles. The van der Waals surface area contributed by atoms with E-state index in [-0.39, 0.29) is 17.7 Å². The fraction of sp³-hybridized carbons (Fsp3) is 0.400. The number of aromatic nitrogens is 5. The van der Waals surface area contributed by atoms with E-state index in [4.69, 9.17) is 4.42 Å². The van der Waals surface area contributed by atoms with Crippen LogP contribution >= 0.6 is 39.0 Å². The summed E-state index contributed by atoms with van der Waals surface area (Å²) in [6.45, 7) is 6.06. The summed E-state index contributed by atoms with van der Waals surface area (Å²) in [6.07, 6.45) is 0.797. The molecule has 1 amide bonds. The fourth-order valence-corrected chi connectivity index (χ4v) is 4.05. The minimum absolute atomic E-state index is 0.115. The minimum Gasteiger partial charge on any atom is -0.446 e. The summed E-state index contributed by atoms with van der Waals surface area (Å²) in [6, 6.07) is 3.75. The van der Waals surface area contributed by atoms with Crippen LogP contribution in [0, 0.1) is 0 Å². The van der Waals surface area contributed by atoms with Gasteiger partial charge in [0, 0.05) is 6.04 Å². The van der Waals surface area contributed by atoms with Crippen molar-refractivity contribution in [2.24, 2.45) is 0 Å². The SMILES string of the molecule is CCc1nnc(NC(=O)CSc2nnc(-c3ccc(Br)o3)n2C(C)C)s1. The highest BCUT2D eigenvalue weighted by molar-refractivity contribution is 9.10. The van der Waals surface area contributed by atoms with E-state index in [9.17, 15) is 4.79 Å². The molecule has 138 valence electrons. The van der Waals surface area contributed by atoms with Gasteiger partial charge >= 0.3 is 0 Å². The number of hydrogen-bond donors (Lipinski definition) is 1. The van der Waals surface area contributed by atoms with Crippen LogP contribution in [0.4, 0.5) is 5.13 Å². The summed E-state index contributed by atoms with van der Waals surface area (Å²) in [5, 5.41) is 21.2. The van der Waals surface area contributed by atoms with Crippen LogP contribution in [0.15, 0.2) is 26.4 Å². The number of carbonyl (C=O) groups excluding carboxylic acids is 1. The maximum absolute atomic E-state index is 12.2. The first kappa shape index (κ1) is 19.1. The Bertz CT molecular complexity index is 904. The molecule has 0 aliphatic rings. The molecule has 0 aliphatic heterocycles. The van der Waals surface area contributed by atoms with Crippen molar-refractivity contribution in [2.45, 2.75) is 38.4 Å². The number of aryl methyl sites for hydroxylation is 1. The third-order valence-electron chi connectivity index (χ3n) is 3.32. The number of carbonyl (C=O) groups is 1. The molecule has 0 fully saturated rings. The number of nitrogens with zero attached hydrogens (tertiary/aromatic N) is 5. The van der Waals surface area contributed by atoms with Crippen molar-refractivity contribution >= 4 is 50.1 Å². The maximum Gasteiger partial charge on any atom is 0.236 e. The topological polar surface area (TPSA) is 98.7 Å². The average molecular weight is 457 g/mol. The standard InChI is InChI=1S/C15H17BrN6O2S2/c1-4-12-18-20-14(26-12)17-11(23)7-25-15-21-19-13(22(15)8(2)3)9-5-6-10(16)24-9/h5-6,8H,4,7H2,1-3H3,(H,17,20,23). The van der Waals surface area contributed by atoms with Gasteiger partial charge in [0.05, 0.1) is 5.75 Å². The Morgan fingerprint density at radius 3 is 2.77 bits per heavy atom. The zero-order valence-corrected chi connectivity index (χ0v) is 17.6. The first-order valence-corrected chi connectivity index (χ1v) is 10.5. The van der Waals surface area contributed by atoms with Gasteiger partial charge in [-0.15, -0.1) is 20.4 Å². The number of furan rings is 1. The molecule has 0 spiro atoms. The molecule has 8 nitrogen and oxygen atoms in total. The van der Waals surface area contributed by atoms with Gasteiger partial charge in [0.15, 0.2) is 15.6 Å². The van der Waals surface area contributed by atoms with E-state index in [1.54, 1.807) is 0 Å². The highest BCUT2D eigenvalue weighted by Gasteiger charge is 2.20. The molecule has 26 heavy (non-hydrogen) atoms. The molecular weight excluding hydrogens is 440 g/mol. The lowest BCUT2D eigenvalue weighted by atomic mass is 10.3. The molecule has 3 aromatic heterocycles. The van der Waals surface area contributed by atoms with Gasteiger partial charge < -0.3 is 4.42 Å². The molecule has 0 saturated heterocycles. The van der Waals surface area contributed by atoms with Crippen molar-refractivity contribution in [1.29, 1.82) is 0 Å². The lowest BCUT2D eigenvalue weighted by Gasteiger charge is -2.12. The number of thioether (sulfide) groups is 1. The van der Waals surface area contributed by atoms with Gasteiger partial charge in [0.1, 0.15) is 5.01 Å². The molecule has 1 N–H and O–H groups in total. The summed E-state index contributed by atoms with van der Waals surface area (Å²) in [7, 11) is 0. The van der Waals surface area contributed by atoms with Crippen LogP contribution in [0.25, 0.3) is 11.6 Å². The number of rotatable bonds is 7. The van der Waals surface area contributed by atoms with Gasteiger partial charge in [-0.25, -0.2) is 0 Å². The molecule has 0 atom stereocenters. The number of hydrogen-bond acceptors (Lipinski definition) is 8. The van der Waals surface area contributed by atoms with Gasteiger partial charge in [-0.2, -0.15) is 0 Å². The van der Waals surface area contributed by atoms with E-state index in [2.05, 4.69) is 41.6 Å². The van der Waals surface area contributed by atoms with Gasteiger partial charge in [0.25, 0.3) is 0 Å². The van der Waals surface area contributed by atoms with Crippen LogP contribution in [-0.4, -0.2) is 36.6 Å². The van der Waals surface area contributed by atoms with Crippen LogP contribution in [0.1, 0.15) is 31.8 Å². The second-order valence-corrected chi connectivity index (χ2v) is 8.35. The van der Waals surface area contributed by atoms with E-state index in [1.165, 1.54) is 23.1 Å². The van der Waals surface area contributed by atoms with Crippen LogP contribution < -0.4 is 5.32 Å². The number of halogens is 1. The van der Waals surface area contributed by atoms with Crippen molar-refractivity contribution < 1.29 is 9.21 Å². The average Bonchev–Trinajstić information content (AvgIpc) is 3.31. The van der Waals surface area contributed by atoms with Crippen molar-refractivity contribution in [3.05, 3.63) is 21.8 Å². The predicted molar refractivity (Wildman–Crippen MR) is 104 cm³/mol. The molecule has 3 heterocycles. The Balaban J connectivity index is 1.69. The second kappa shape index (κ2) is 8.31. The highest BCUT2D eigenvalue weighted by Crippen LogP contribution is 2.30. The molecule has 0 saturated carbocycles. The lowest BCUT2D eigenvalue weighted by molar-refractivity contribution is -0.113. The first-order valence-electron chi connectivity index (χ1n) is 7.93. The molecule has 11 heteroatoms. The van der Waals surface area contributed by atoms with Crippen molar-refractivity contribution in [2.75, 3.05) is 11.1 Å². The van der Waals surface area contributed by atoms with E-state index in [0.29, 0.717) is 26.5 Å². The summed E-state index contributed by atoms with van der Waals surface area (Å²) in [5.41, 5.74) is 0. The summed E-state index contributed by atoms with van der Waals surface area (Å²) in [5.74, 6) is 1.29. The zero-order chi connectivity index (χ0) is 18.7. The van der Waals surface area contributed by atoms with E-state index in [0.717, 1.165) is 11.4 Å². The Morgan fingerprint density at radius 1 is 1.35 bits per heavy atom. The molecule has 3 rings (SSSR count). The second-order valence-electron chi connectivity index (χ2n) is 5.57. The van der Waals surface area contributed by atoms with Gasteiger partial charge in [-0.1, -0.05) is 30.0 Å². The van der Waals surface area contributed by atoms with Crippen LogP contribution in [-0.2, 0) is 11.2 Å². The van der Waals surface area contributed by atoms with E-state index < -0.39 is 0 Å². The molecule has 0 radical (unpaired) electrons. The first-order chi connectivity index (χ1) is 12.5. The number of nitrogens with one attached hydrogen (secondary N) is 1. The van der Waals surface area contributed by atoms with Gasteiger partial charge in [-0.05, 0) is 48.3 Å². The minimum atomic E-state index is -0.158. The molecule has 0 aliphatic carbocycles. The van der Waals surface area contributed by atoms with Crippen LogP contribution in [0.3, 0.4) is 0 Å². The zero-order valence-electron chi connectivity index (χ0n) is 14.4. The Kier molecular flexibility index (Phi) is 6.09. The monoisotopic (exact) mass is 456 g/mol. The van der Waals surface area contributed by atoms with Crippen LogP contribution in [0.5, 0.6) is 0 Å². The smallest absolute Gasteiger partial charge is 0.236 e. The third kappa shape index (κ3) is 4.33. The Hall–Kier alpha value is -1.72. The Labute approximate surface area is 166 Å². The van der Waals surface area contributed by atoms with Crippen molar-refractivity contribution in [3.63, 3.8) is 0 Å². The molecule has 3 aromatic rings. The highest BCUT2D eigenvalue weighted by atomic mass is 79.9. The molecule has 0 bridgehead atoms. The Morgan fingerprint density at radius 2 is 2.15 bits per heavy atom. The molecule has 0 unspecified atom stereocenters. The maximum atomic E-state index is 12.2. The number of anilines is 1. The molecular formula is C15H17BrN6O2S2. The largest absolute Gasteiger partial charge is 0.446 e. The third-order valence-corrected chi connectivity index (χ3v) is 5.67. The summed E-state index contributed by atoms with van der Waals surface area (Å²) in [4.78, 5) is 12.2. The van der Waals surface area contributed by atoms with Crippen molar-refractivity contribution in [1.82, 2.24) is 25.0 Å². The number of amides is 1. The fourth-order valence-electron chi connectivity index (χ4n) is 2.18.